The monoisotopic (exact) mass is 321 g/mol. The fraction of sp³-hybridized carbons (Fsp3) is 0.588. The van der Waals surface area contributed by atoms with Gasteiger partial charge < -0.3 is 19.7 Å². The molecule has 0 aromatic heterocycles. The van der Waals surface area contributed by atoms with Crippen molar-refractivity contribution in [1.29, 1.82) is 0 Å². The average Bonchev–Trinajstić information content (AvgIpc) is 2.61. The van der Waals surface area contributed by atoms with Crippen LogP contribution in [-0.4, -0.2) is 75.9 Å². The van der Waals surface area contributed by atoms with E-state index in [1.165, 1.54) is 0 Å². The Labute approximate surface area is 138 Å². The van der Waals surface area contributed by atoms with Crippen LogP contribution in [0.2, 0.25) is 0 Å². The summed E-state index contributed by atoms with van der Waals surface area (Å²) >= 11 is 0. The molecular formula is C17H27N3O3. The molecule has 6 nitrogen and oxygen atoms in total. The second-order valence-electron chi connectivity index (χ2n) is 5.70. The molecule has 1 atom stereocenters. The minimum atomic E-state index is -0.132. The van der Waals surface area contributed by atoms with Crippen molar-refractivity contribution in [2.75, 3.05) is 60.1 Å². The first-order valence-corrected chi connectivity index (χ1v) is 8.07. The largest absolute Gasteiger partial charge is 0.379 e. The molecule has 0 aliphatic carbocycles. The molecule has 23 heavy (non-hydrogen) atoms. The molecule has 1 fully saturated rings. The van der Waals surface area contributed by atoms with Crippen LogP contribution < -0.4 is 5.32 Å². The third-order valence-corrected chi connectivity index (χ3v) is 4.10. The summed E-state index contributed by atoms with van der Waals surface area (Å²) in [5, 5.41) is 2.94. The maximum atomic E-state index is 12.2. The first kappa shape index (κ1) is 17.7. The Morgan fingerprint density at radius 3 is 2.70 bits per heavy atom. The number of hydrogen-bond donors (Lipinski definition) is 1. The smallest absolute Gasteiger partial charge is 0.317 e. The number of urea groups is 1. The number of amides is 2. The first-order chi connectivity index (χ1) is 11.2. The minimum Gasteiger partial charge on any atom is -0.379 e. The Morgan fingerprint density at radius 1 is 1.35 bits per heavy atom. The quantitative estimate of drug-likeness (QED) is 0.824. The Balaban J connectivity index is 1.72. The Bertz CT molecular complexity index is 463. The second-order valence-corrected chi connectivity index (χ2v) is 5.70. The number of carbonyl (C=O) groups excluding carboxylic acids is 1. The number of nitrogens with one attached hydrogen (secondary N) is 1. The predicted molar refractivity (Wildman–Crippen MR) is 89.5 cm³/mol. The highest BCUT2D eigenvalue weighted by atomic mass is 16.5. The maximum Gasteiger partial charge on any atom is 0.317 e. The highest BCUT2D eigenvalue weighted by molar-refractivity contribution is 5.73. The van der Waals surface area contributed by atoms with Crippen molar-refractivity contribution in [3.05, 3.63) is 35.9 Å². The van der Waals surface area contributed by atoms with E-state index in [4.69, 9.17) is 9.47 Å². The Kier molecular flexibility index (Phi) is 7.32. The van der Waals surface area contributed by atoms with Crippen LogP contribution in [0.3, 0.4) is 0 Å². The number of likely N-dealkylation sites (N-methyl/N-ethyl adjacent to an activating group) is 1. The number of benzene rings is 1. The number of hydrogen-bond acceptors (Lipinski definition) is 4. The van der Waals surface area contributed by atoms with Crippen molar-refractivity contribution in [3.63, 3.8) is 0 Å². The SMILES string of the molecule is CO[C@@H](CNC(=O)N(C)CCN1CCOCC1)c1ccccc1. The van der Waals surface area contributed by atoms with Gasteiger partial charge in [-0.2, -0.15) is 0 Å². The summed E-state index contributed by atoms with van der Waals surface area (Å²) in [7, 11) is 3.48. The van der Waals surface area contributed by atoms with Crippen LogP contribution >= 0.6 is 0 Å². The lowest BCUT2D eigenvalue weighted by Gasteiger charge is -2.28. The summed E-state index contributed by atoms with van der Waals surface area (Å²) in [5.41, 5.74) is 1.06. The number of morpholine rings is 1. The normalized spacial score (nSPS) is 16.8. The molecular weight excluding hydrogens is 294 g/mol. The van der Waals surface area contributed by atoms with Gasteiger partial charge in [0, 0.05) is 46.9 Å². The van der Waals surface area contributed by atoms with Crippen molar-refractivity contribution < 1.29 is 14.3 Å². The third kappa shape index (κ3) is 5.82. The van der Waals surface area contributed by atoms with Gasteiger partial charge in [0.15, 0.2) is 0 Å². The highest BCUT2D eigenvalue weighted by Gasteiger charge is 2.15. The van der Waals surface area contributed by atoms with Crippen LogP contribution in [-0.2, 0) is 9.47 Å². The molecule has 1 aromatic rings. The van der Waals surface area contributed by atoms with E-state index in [0.29, 0.717) is 13.1 Å². The molecule has 0 saturated carbocycles. The van der Waals surface area contributed by atoms with Gasteiger partial charge in [0.05, 0.1) is 19.3 Å². The van der Waals surface area contributed by atoms with Gasteiger partial charge in [-0.3, -0.25) is 4.90 Å². The van der Waals surface area contributed by atoms with Gasteiger partial charge in [-0.1, -0.05) is 30.3 Å². The lowest BCUT2D eigenvalue weighted by molar-refractivity contribution is 0.0356. The summed E-state index contributed by atoms with van der Waals surface area (Å²) in [6.45, 7) is 5.48. The van der Waals surface area contributed by atoms with Gasteiger partial charge in [0.25, 0.3) is 0 Å². The third-order valence-electron chi connectivity index (χ3n) is 4.10. The number of methoxy groups -OCH3 is 1. The van der Waals surface area contributed by atoms with Crippen LogP contribution in [0.1, 0.15) is 11.7 Å². The van der Waals surface area contributed by atoms with Crippen LogP contribution in [0.25, 0.3) is 0 Å². The van der Waals surface area contributed by atoms with Gasteiger partial charge >= 0.3 is 6.03 Å². The van der Waals surface area contributed by atoms with E-state index < -0.39 is 0 Å². The molecule has 1 saturated heterocycles. The predicted octanol–water partition coefficient (Wildman–Crippen LogP) is 1.35. The van der Waals surface area contributed by atoms with Crippen molar-refractivity contribution >= 4 is 6.03 Å². The van der Waals surface area contributed by atoms with E-state index in [9.17, 15) is 4.79 Å². The van der Waals surface area contributed by atoms with Gasteiger partial charge in [0.1, 0.15) is 0 Å². The zero-order chi connectivity index (χ0) is 16.5. The topological polar surface area (TPSA) is 54.0 Å². The molecule has 2 rings (SSSR count). The standard InChI is InChI=1S/C17H27N3O3/c1-19(8-9-20-10-12-23-13-11-20)17(21)18-14-16(22-2)15-6-4-3-5-7-15/h3-7,16H,8-14H2,1-2H3,(H,18,21)/t16-/m0/s1. The van der Waals surface area contributed by atoms with E-state index in [1.54, 1.807) is 12.0 Å². The van der Waals surface area contributed by atoms with Gasteiger partial charge in [-0.05, 0) is 5.56 Å². The van der Waals surface area contributed by atoms with Gasteiger partial charge in [-0.15, -0.1) is 0 Å². The van der Waals surface area contributed by atoms with E-state index in [-0.39, 0.29) is 12.1 Å². The number of rotatable bonds is 7. The fourth-order valence-electron chi connectivity index (χ4n) is 2.54. The summed E-state index contributed by atoms with van der Waals surface area (Å²) in [6, 6.07) is 9.84. The lowest BCUT2D eigenvalue weighted by Crippen LogP contribution is -2.45. The minimum absolute atomic E-state index is 0.0729. The average molecular weight is 321 g/mol. The zero-order valence-electron chi connectivity index (χ0n) is 14.0. The molecule has 0 bridgehead atoms. The van der Waals surface area contributed by atoms with Crippen LogP contribution in [0, 0.1) is 0 Å². The molecule has 0 radical (unpaired) electrons. The second kappa shape index (κ2) is 9.50. The molecule has 1 aliphatic heterocycles. The molecule has 0 spiro atoms. The van der Waals surface area contributed by atoms with Crippen molar-refractivity contribution in [2.24, 2.45) is 0 Å². The van der Waals surface area contributed by atoms with E-state index in [1.807, 2.05) is 37.4 Å². The van der Waals surface area contributed by atoms with Crippen molar-refractivity contribution in [1.82, 2.24) is 15.1 Å². The molecule has 1 N–H and O–H groups in total. The van der Waals surface area contributed by atoms with E-state index in [2.05, 4.69) is 10.2 Å². The molecule has 128 valence electrons. The molecule has 1 aliphatic rings. The van der Waals surface area contributed by atoms with E-state index in [0.717, 1.165) is 38.4 Å². The summed E-state index contributed by atoms with van der Waals surface area (Å²) in [5.74, 6) is 0. The maximum absolute atomic E-state index is 12.2. The number of nitrogens with zero attached hydrogens (tertiary/aromatic N) is 2. The number of ether oxygens (including phenoxy) is 2. The Morgan fingerprint density at radius 2 is 2.04 bits per heavy atom. The molecule has 2 amide bonds. The van der Waals surface area contributed by atoms with Crippen LogP contribution in [0.15, 0.2) is 30.3 Å². The summed E-state index contributed by atoms with van der Waals surface area (Å²) in [4.78, 5) is 16.2. The van der Waals surface area contributed by atoms with Crippen molar-refractivity contribution in [3.8, 4) is 0 Å². The van der Waals surface area contributed by atoms with Crippen LogP contribution in [0.5, 0.6) is 0 Å². The lowest BCUT2D eigenvalue weighted by atomic mass is 10.1. The molecule has 1 heterocycles. The Hall–Kier alpha value is -1.63. The summed E-state index contributed by atoms with van der Waals surface area (Å²) in [6.07, 6.45) is -0.132. The fourth-order valence-corrected chi connectivity index (χ4v) is 2.54. The van der Waals surface area contributed by atoms with Gasteiger partial charge in [0.2, 0.25) is 0 Å². The zero-order valence-corrected chi connectivity index (χ0v) is 14.0. The van der Waals surface area contributed by atoms with E-state index >= 15 is 0 Å². The van der Waals surface area contributed by atoms with Crippen molar-refractivity contribution in [2.45, 2.75) is 6.10 Å². The molecule has 0 unspecified atom stereocenters. The molecule has 1 aromatic carbocycles. The van der Waals surface area contributed by atoms with Crippen LogP contribution in [0.4, 0.5) is 4.79 Å². The van der Waals surface area contributed by atoms with Gasteiger partial charge in [-0.25, -0.2) is 4.79 Å². The number of carbonyl (C=O) groups is 1. The molecule has 6 heteroatoms. The highest BCUT2D eigenvalue weighted by Crippen LogP contribution is 2.14. The first-order valence-electron chi connectivity index (χ1n) is 8.07. The summed E-state index contributed by atoms with van der Waals surface area (Å²) < 4.78 is 10.8.